The Bertz CT molecular complexity index is 1170. The van der Waals surface area contributed by atoms with Crippen LogP contribution in [0.1, 0.15) is 16.0 Å². The molecule has 7 heteroatoms. The molecular weight excluding hydrogens is 427 g/mol. The van der Waals surface area contributed by atoms with E-state index in [2.05, 4.69) is 5.32 Å². The maximum Gasteiger partial charge on any atom is 0.282 e. The number of aryl methyl sites for hydroxylation is 2. The minimum atomic E-state index is -0.416. The standard InChI is InChI=1S/C22H16Cl2N2O2S/c1-12-5-7-15(11-16(12)24)25-20-19(18-4-3-9-29-18)21(27)26(22(20)28)17-8-6-14(23)10-13(17)2/h3-11,25H,1-2H3. The van der Waals surface area contributed by atoms with Crippen molar-refractivity contribution in [2.75, 3.05) is 10.2 Å². The number of imide groups is 1. The highest BCUT2D eigenvalue weighted by Crippen LogP contribution is 2.37. The molecule has 0 bridgehead atoms. The van der Waals surface area contributed by atoms with Gasteiger partial charge in [0.2, 0.25) is 0 Å². The number of nitrogens with one attached hydrogen (secondary N) is 1. The van der Waals surface area contributed by atoms with E-state index >= 15 is 0 Å². The number of benzene rings is 2. The van der Waals surface area contributed by atoms with Gasteiger partial charge in [-0.2, -0.15) is 0 Å². The number of halogens is 2. The highest BCUT2D eigenvalue weighted by atomic mass is 35.5. The molecule has 1 aromatic heterocycles. The summed E-state index contributed by atoms with van der Waals surface area (Å²) >= 11 is 13.7. The van der Waals surface area contributed by atoms with Crippen LogP contribution < -0.4 is 10.2 Å². The van der Waals surface area contributed by atoms with Gasteiger partial charge in [-0.05, 0) is 66.8 Å². The predicted octanol–water partition coefficient (Wildman–Crippen LogP) is 6.07. The maximum absolute atomic E-state index is 13.3. The van der Waals surface area contributed by atoms with Crippen LogP contribution in [-0.2, 0) is 9.59 Å². The Morgan fingerprint density at radius 3 is 2.38 bits per heavy atom. The fourth-order valence-corrected chi connectivity index (χ4v) is 4.37. The van der Waals surface area contributed by atoms with Gasteiger partial charge in [-0.25, -0.2) is 4.90 Å². The Balaban J connectivity index is 1.81. The molecule has 0 saturated carbocycles. The molecule has 0 saturated heterocycles. The molecule has 3 aromatic rings. The number of nitrogens with zero attached hydrogens (tertiary/aromatic N) is 1. The van der Waals surface area contributed by atoms with E-state index in [-0.39, 0.29) is 11.6 Å². The number of hydrogen-bond acceptors (Lipinski definition) is 4. The number of carbonyl (C=O) groups excluding carboxylic acids is 2. The summed E-state index contributed by atoms with van der Waals surface area (Å²) in [5.41, 5.74) is 3.39. The van der Waals surface area contributed by atoms with Crippen LogP contribution in [0.15, 0.2) is 59.6 Å². The lowest BCUT2D eigenvalue weighted by Crippen LogP contribution is -2.33. The fraction of sp³-hybridized carbons (Fsp3) is 0.0909. The maximum atomic E-state index is 13.3. The van der Waals surface area contributed by atoms with Crippen molar-refractivity contribution in [1.29, 1.82) is 0 Å². The average molecular weight is 443 g/mol. The molecule has 0 spiro atoms. The number of carbonyl (C=O) groups is 2. The molecule has 0 radical (unpaired) electrons. The highest BCUT2D eigenvalue weighted by Gasteiger charge is 2.41. The van der Waals surface area contributed by atoms with Crippen molar-refractivity contribution in [3.8, 4) is 0 Å². The lowest BCUT2D eigenvalue weighted by Gasteiger charge is -2.18. The largest absolute Gasteiger partial charge is 0.350 e. The zero-order valence-corrected chi connectivity index (χ0v) is 18.0. The number of amides is 2. The first-order chi connectivity index (χ1) is 13.9. The molecule has 0 atom stereocenters. The SMILES string of the molecule is Cc1ccc(NC2=C(c3cccs3)C(=O)N(c3ccc(Cl)cc3C)C2=O)cc1Cl. The summed E-state index contributed by atoms with van der Waals surface area (Å²) in [6.45, 7) is 3.72. The van der Waals surface area contributed by atoms with Gasteiger partial charge >= 0.3 is 0 Å². The molecule has 2 heterocycles. The van der Waals surface area contributed by atoms with Crippen LogP contribution in [0.4, 0.5) is 11.4 Å². The minimum absolute atomic E-state index is 0.228. The van der Waals surface area contributed by atoms with Crippen LogP contribution in [0.3, 0.4) is 0 Å². The summed E-state index contributed by atoms with van der Waals surface area (Å²) in [6.07, 6.45) is 0. The topological polar surface area (TPSA) is 49.4 Å². The van der Waals surface area contributed by atoms with Gasteiger partial charge in [0.05, 0.1) is 11.3 Å². The van der Waals surface area contributed by atoms with E-state index in [9.17, 15) is 9.59 Å². The van der Waals surface area contributed by atoms with Gasteiger partial charge in [-0.3, -0.25) is 9.59 Å². The Morgan fingerprint density at radius 1 is 0.931 bits per heavy atom. The lowest BCUT2D eigenvalue weighted by molar-refractivity contribution is -0.120. The molecule has 1 N–H and O–H groups in total. The summed E-state index contributed by atoms with van der Waals surface area (Å²) in [4.78, 5) is 28.6. The van der Waals surface area contributed by atoms with Crippen molar-refractivity contribution in [1.82, 2.24) is 0 Å². The van der Waals surface area contributed by atoms with Crippen molar-refractivity contribution < 1.29 is 9.59 Å². The van der Waals surface area contributed by atoms with Gasteiger partial charge in [0.25, 0.3) is 11.8 Å². The van der Waals surface area contributed by atoms with Crippen LogP contribution in [-0.4, -0.2) is 11.8 Å². The number of hydrogen-bond donors (Lipinski definition) is 1. The first kappa shape index (κ1) is 19.7. The summed E-state index contributed by atoms with van der Waals surface area (Å²) in [5.74, 6) is -0.788. The van der Waals surface area contributed by atoms with E-state index in [0.717, 1.165) is 16.0 Å². The van der Waals surface area contributed by atoms with Crippen molar-refractivity contribution in [2.24, 2.45) is 0 Å². The quantitative estimate of drug-likeness (QED) is 0.498. The Kier molecular flexibility index (Phi) is 5.21. The van der Waals surface area contributed by atoms with Gasteiger partial charge < -0.3 is 5.32 Å². The van der Waals surface area contributed by atoms with E-state index in [0.29, 0.717) is 27.0 Å². The lowest BCUT2D eigenvalue weighted by atomic mass is 10.1. The van der Waals surface area contributed by atoms with Crippen LogP contribution in [0.25, 0.3) is 5.57 Å². The monoisotopic (exact) mass is 442 g/mol. The summed E-state index contributed by atoms with van der Waals surface area (Å²) in [5, 5.41) is 6.12. The number of anilines is 2. The first-order valence-corrected chi connectivity index (χ1v) is 10.5. The normalized spacial score (nSPS) is 14.1. The molecule has 4 nitrogen and oxygen atoms in total. The van der Waals surface area contributed by atoms with Crippen LogP contribution in [0, 0.1) is 13.8 Å². The molecule has 1 aliphatic heterocycles. The molecule has 2 amide bonds. The molecule has 0 fully saturated rings. The van der Waals surface area contributed by atoms with Crippen molar-refractivity contribution in [3.63, 3.8) is 0 Å². The van der Waals surface area contributed by atoms with Gasteiger partial charge in [0.15, 0.2) is 0 Å². The molecule has 4 rings (SSSR count). The average Bonchev–Trinajstić information content (AvgIpc) is 3.27. The van der Waals surface area contributed by atoms with Crippen LogP contribution >= 0.6 is 34.5 Å². The smallest absolute Gasteiger partial charge is 0.282 e. The predicted molar refractivity (Wildman–Crippen MR) is 120 cm³/mol. The second-order valence-electron chi connectivity index (χ2n) is 6.69. The Hall–Kier alpha value is -2.60. The van der Waals surface area contributed by atoms with E-state index < -0.39 is 5.91 Å². The summed E-state index contributed by atoms with van der Waals surface area (Å²) in [6, 6.07) is 14.2. The second-order valence-corrected chi connectivity index (χ2v) is 8.48. The fourth-order valence-electron chi connectivity index (χ4n) is 3.20. The highest BCUT2D eigenvalue weighted by molar-refractivity contribution is 7.11. The molecule has 2 aromatic carbocycles. The molecular formula is C22H16Cl2N2O2S. The van der Waals surface area contributed by atoms with E-state index in [1.807, 2.05) is 43.5 Å². The number of thiophene rings is 1. The minimum Gasteiger partial charge on any atom is -0.350 e. The van der Waals surface area contributed by atoms with Gasteiger partial charge in [-0.15, -0.1) is 11.3 Å². The van der Waals surface area contributed by atoms with Gasteiger partial charge in [-0.1, -0.05) is 35.3 Å². The third-order valence-electron chi connectivity index (χ3n) is 4.69. The third-order valence-corrected chi connectivity index (χ3v) is 6.22. The van der Waals surface area contributed by atoms with Crippen molar-refractivity contribution in [3.05, 3.63) is 85.7 Å². The molecule has 0 aliphatic carbocycles. The van der Waals surface area contributed by atoms with Crippen LogP contribution in [0.5, 0.6) is 0 Å². The van der Waals surface area contributed by atoms with Crippen molar-refractivity contribution >= 4 is 63.3 Å². The zero-order chi connectivity index (χ0) is 20.7. The van der Waals surface area contributed by atoms with Gasteiger partial charge in [0, 0.05) is 20.6 Å². The molecule has 146 valence electrons. The van der Waals surface area contributed by atoms with Gasteiger partial charge in [0.1, 0.15) is 5.70 Å². The molecule has 29 heavy (non-hydrogen) atoms. The summed E-state index contributed by atoms with van der Waals surface area (Å²) in [7, 11) is 0. The molecule has 0 unspecified atom stereocenters. The van der Waals surface area contributed by atoms with E-state index in [1.165, 1.54) is 16.2 Å². The summed E-state index contributed by atoms with van der Waals surface area (Å²) < 4.78 is 0. The van der Waals surface area contributed by atoms with Crippen molar-refractivity contribution in [2.45, 2.75) is 13.8 Å². The zero-order valence-electron chi connectivity index (χ0n) is 15.6. The second kappa shape index (κ2) is 7.67. The number of rotatable bonds is 4. The van der Waals surface area contributed by atoms with Crippen LogP contribution in [0.2, 0.25) is 10.0 Å². The van der Waals surface area contributed by atoms with E-state index in [1.54, 1.807) is 24.3 Å². The third kappa shape index (κ3) is 3.57. The van der Waals surface area contributed by atoms with E-state index in [4.69, 9.17) is 23.2 Å². The first-order valence-electron chi connectivity index (χ1n) is 8.83. The Labute approximate surface area is 182 Å². The Morgan fingerprint density at radius 2 is 1.72 bits per heavy atom. The molecule has 1 aliphatic rings.